The van der Waals surface area contributed by atoms with Crippen LogP contribution in [-0.4, -0.2) is 18.0 Å². The highest BCUT2D eigenvalue weighted by atomic mass is 35.5. The molecule has 4 heteroatoms. The smallest absolute Gasteiger partial charge is 0.223 e. The van der Waals surface area contributed by atoms with Gasteiger partial charge >= 0.3 is 0 Å². The van der Waals surface area contributed by atoms with Gasteiger partial charge < -0.3 is 11.1 Å². The number of carbonyl (C=O) groups excluding carboxylic acids is 1. The Balaban J connectivity index is 0.00000192. The van der Waals surface area contributed by atoms with Gasteiger partial charge in [0, 0.05) is 18.0 Å². The molecule has 0 aromatic heterocycles. The summed E-state index contributed by atoms with van der Waals surface area (Å²) in [7, 11) is 0. The number of hydrogen-bond donors (Lipinski definition) is 2. The van der Waals surface area contributed by atoms with Crippen LogP contribution in [0.3, 0.4) is 0 Å². The van der Waals surface area contributed by atoms with Crippen molar-refractivity contribution in [2.24, 2.45) is 17.6 Å². The Bertz CT molecular complexity index is 493. The topological polar surface area (TPSA) is 55.1 Å². The number of rotatable bonds is 4. The van der Waals surface area contributed by atoms with Crippen molar-refractivity contribution in [2.45, 2.75) is 63.5 Å². The predicted octanol–water partition coefficient (Wildman–Crippen LogP) is 3.45. The van der Waals surface area contributed by atoms with Gasteiger partial charge in [-0.1, -0.05) is 43.2 Å². The quantitative estimate of drug-likeness (QED) is 0.884. The van der Waals surface area contributed by atoms with Crippen LogP contribution in [-0.2, 0) is 11.2 Å². The maximum Gasteiger partial charge on any atom is 0.223 e. The second kappa shape index (κ2) is 8.70. The van der Waals surface area contributed by atoms with Gasteiger partial charge in [-0.25, -0.2) is 0 Å². The van der Waals surface area contributed by atoms with Crippen molar-refractivity contribution < 1.29 is 4.79 Å². The van der Waals surface area contributed by atoms with Crippen LogP contribution in [0.25, 0.3) is 0 Å². The van der Waals surface area contributed by atoms with Gasteiger partial charge in [-0.05, 0) is 50.0 Å². The minimum Gasteiger partial charge on any atom is -0.353 e. The van der Waals surface area contributed by atoms with E-state index in [9.17, 15) is 4.79 Å². The highest BCUT2D eigenvalue weighted by Crippen LogP contribution is 2.29. The number of halogens is 1. The molecular weight excluding hydrogens is 308 g/mol. The maximum absolute atomic E-state index is 12.5. The van der Waals surface area contributed by atoms with E-state index in [1.54, 1.807) is 0 Å². The van der Waals surface area contributed by atoms with Crippen molar-refractivity contribution in [3.63, 3.8) is 0 Å². The zero-order valence-corrected chi connectivity index (χ0v) is 14.6. The molecule has 3 rings (SSSR count). The first-order valence-electron chi connectivity index (χ1n) is 8.82. The SMILES string of the molecule is Cl.NC1CCC(C(=O)NC2CCCCC2Cc2ccccc2)C1. The van der Waals surface area contributed by atoms with E-state index >= 15 is 0 Å². The number of nitrogens with one attached hydrogen (secondary N) is 1. The van der Waals surface area contributed by atoms with Gasteiger partial charge in [0.2, 0.25) is 5.91 Å². The fraction of sp³-hybridized carbons (Fsp3) is 0.632. The minimum atomic E-state index is 0. The Morgan fingerprint density at radius 2 is 1.83 bits per heavy atom. The van der Waals surface area contributed by atoms with E-state index in [2.05, 4.69) is 35.6 Å². The molecule has 2 fully saturated rings. The Kier molecular flexibility index (Phi) is 6.91. The van der Waals surface area contributed by atoms with Gasteiger partial charge in [-0.3, -0.25) is 4.79 Å². The molecule has 1 amide bonds. The molecule has 0 aliphatic heterocycles. The van der Waals surface area contributed by atoms with E-state index in [4.69, 9.17) is 5.73 Å². The largest absolute Gasteiger partial charge is 0.353 e. The molecule has 2 saturated carbocycles. The lowest BCUT2D eigenvalue weighted by atomic mass is 9.80. The van der Waals surface area contributed by atoms with Crippen LogP contribution < -0.4 is 11.1 Å². The summed E-state index contributed by atoms with van der Waals surface area (Å²) in [5.74, 6) is 0.974. The molecule has 3 N–H and O–H groups in total. The van der Waals surface area contributed by atoms with Crippen LogP contribution in [0.5, 0.6) is 0 Å². The molecule has 1 aromatic carbocycles. The molecular formula is C19H29ClN2O. The normalized spacial score (nSPS) is 30.5. The zero-order chi connectivity index (χ0) is 15.4. The van der Waals surface area contributed by atoms with E-state index in [1.807, 2.05) is 0 Å². The molecule has 0 heterocycles. The highest BCUT2D eigenvalue weighted by Gasteiger charge is 2.32. The molecule has 2 aliphatic carbocycles. The molecule has 1 aromatic rings. The molecule has 128 valence electrons. The van der Waals surface area contributed by atoms with Crippen LogP contribution in [0.2, 0.25) is 0 Å². The van der Waals surface area contributed by atoms with Crippen molar-refractivity contribution in [1.82, 2.24) is 5.32 Å². The van der Waals surface area contributed by atoms with Crippen molar-refractivity contribution in [2.75, 3.05) is 0 Å². The first-order valence-corrected chi connectivity index (χ1v) is 8.82. The zero-order valence-electron chi connectivity index (χ0n) is 13.7. The van der Waals surface area contributed by atoms with Gasteiger partial charge in [0.1, 0.15) is 0 Å². The van der Waals surface area contributed by atoms with Crippen molar-refractivity contribution in [3.05, 3.63) is 35.9 Å². The van der Waals surface area contributed by atoms with Crippen molar-refractivity contribution >= 4 is 18.3 Å². The highest BCUT2D eigenvalue weighted by molar-refractivity contribution is 5.85. The monoisotopic (exact) mass is 336 g/mol. The number of nitrogens with two attached hydrogens (primary N) is 1. The molecule has 23 heavy (non-hydrogen) atoms. The second-order valence-electron chi connectivity index (χ2n) is 7.12. The Labute approximate surface area is 145 Å². The summed E-state index contributed by atoms with van der Waals surface area (Å²) < 4.78 is 0. The Morgan fingerprint density at radius 3 is 2.52 bits per heavy atom. The molecule has 0 spiro atoms. The van der Waals surface area contributed by atoms with E-state index in [0.29, 0.717) is 12.0 Å². The number of benzene rings is 1. The fourth-order valence-corrected chi connectivity index (χ4v) is 4.11. The van der Waals surface area contributed by atoms with E-state index in [-0.39, 0.29) is 30.3 Å². The predicted molar refractivity (Wildman–Crippen MR) is 96.6 cm³/mol. The van der Waals surface area contributed by atoms with E-state index < -0.39 is 0 Å². The van der Waals surface area contributed by atoms with Gasteiger partial charge in [0.25, 0.3) is 0 Å². The maximum atomic E-state index is 12.5. The number of hydrogen-bond acceptors (Lipinski definition) is 2. The summed E-state index contributed by atoms with van der Waals surface area (Å²) in [6.45, 7) is 0. The lowest BCUT2D eigenvalue weighted by Gasteiger charge is -2.33. The summed E-state index contributed by atoms with van der Waals surface area (Å²) in [6, 6.07) is 11.2. The summed E-state index contributed by atoms with van der Waals surface area (Å²) in [5.41, 5.74) is 7.33. The van der Waals surface area contributed by atoms with Gasteiger partial charge in [0.05, 0.1) is 0 Å². The van der Waals surface area contributed by atoms with E-state index in [0.717, 1.165) is 32.1 Å². The van der Waals surface area contributed by atoms with Crippen LogP contribution in [0.15, 0.2) is 30.3 Å². The Hall–Kier alpha value is -1.06. The van der Waals surface area contributed by atoms with Gasteiger partial charge in [-0.2, -0.15) is 0 Å². The van der Waals surface area contributed by atoms with Gasteiger partial charge in [-0.15, -0.1) is 12.4 Å². The summed E-state index contributed by atoms with van der Waals surface area (Å²) in [4.78, 5) is 12.5. The fourth-order valence-electron chi connectivity index (χ4n) is 4.11. The van der Waals surface area contributed by atoms with Gasteiger partial charge in [0.15, 0.2) is 0 Å². The average Bonchev–Trinajstić information content (AvgIpc) is 2.97. The third-order valence-corrected chi connectivity index (χ3v) is 5.42. The molecule has 3 nitrogen and oxygen atoms in total. The van der Waals surface area contributed by atoms with Crippen LogP contribution >= 0.6 is 12.4 Å². The minimum absolute atomic E-state index is 0. The van der Waals surface area contributed by atoms with Crippen molar-refractivity contribution in [1.29, 1.82) is 0 Å². The third-order valence-electron chi connectivity index (χ3n) is 5.42. The van der Waals surface area contributed by atoms with Crippen molar-refractivity contribution in [3.8, 4) is 0 Å². The Morgan fingerprint density at radius 1 is 1.09 bits per heavy atom. The third kappa shape index (κ3) is 4.95. The first-order chi connectivity index (χ1) is 10.7. The molecule has 2 aliphatic rings. The van der Waals surface area contributed by atoms with Crippen LogP contribution in [0.1, 0.15) is 50.5 Å². The standard InChI is InChI=1S/C19H28N2O.ClH/c20-17-11-10-16(13-17)19(22)21-18-9-5-4-8-15(18)12-14-6-2-1-3-7-14;/h1-3,6-7,15-18H,4-5,8-13,20H2,(H,21,22);1H. The average molecular weight is 337 g/mol. The number of carbonyl (C=O) groups is 1. The lowest BCUT2D eigenvalue weighted by Crippen LogP contribution is -2.45. The number of amides is 1. The first kappa shape index (κ1) is 18.3. The van der Waals surface area contributed by atoms with E-state index in [1.165, 1.54) is 24.8 Å². The molecule has 0 radical (unpaired) electrons. The summed E-state index contributed by atoms with van der Waals surface area (Å²) >= 11 is 0. The molecule has 4 atom stereocenters. The summed E-state index contributed by atoms with van der Waals surface area (Å²) in [6.07, 6.45) is 8.78. The lowest BCUT2D eigenvalue weighted by molar-refractivity contribution is -0.126. The molecule has 0 saturated heterocycles. The second-order valence-corrected chi connectivity index (χ2v) is 7.12. The molecule has 0 bridgehead atoms. The molecule has 4 unspecified atom stereocenters. The van der Waals surface area contributed by atoms with Crippen LogP contribution in [0, 0.1) is 11.8 Å². The summed E-state index contributed by atoms with van der Waals surface area (Å²) in [5, 5.41) is 3.36. The van der Waals surface area contributed by atoms with Crippen LogP contribution in [0.4, 0.5) is 0 Å².